The molecule has 0 fully saturated rings. The fraction of sp³-hybridized carbons (Fsp3) is 0. The summed E-state index contributed by atoms with van der Waals surface area (Å²) >= 11 is 4.90. The number of benzene rings is 1. The Labute approximate surface area is 134 Å². The number of nitrogens with one attached hydrogen (secondary N) is 1. The maximum absolute atomic E-state index is 12.3. The summed E-state index contributed by atoms with van der Waals surface area (Å²) in [5, 5.41) is 4.97. The molecule has 1 N–H and O–H groups in total. The molecule has 5 heteroatoms. The monoisotopic (exact) mass is 358 g/mol. The molecule has 3 rings (SSSR count). The van der Waals surface area contributed by atoms with Crippen molar-refractivity contribution in [2.24, 2.45) is 0 Å². The minimum absolute atomic E-state index is 0.168. The summed E-state index contributed by atoms with van der Waals surface area (Å²) in [4.78, 5) is 17.5. The number of hydrogen-bond acceptors (Lipinski definition) is 3. The fourth-order valence-corrected chi connectivity index (χ4v) is 2.94. The van der Waals surface area contributed by atoms with Gasteiger partial charge in [0.2, 0.25) is 0 Å². The van der Waals surface area contributed by atoms with Gasteiger partial charge < -0.3 is 5.32 Å². The van der Waals surface area contributed by atoms with Crippen LogP contribution in [0, 0.1) is 0 Å². The fourth-order valence-electron chi connectivity index (χ4n) is 1.94. The predicted octanol–water partition coefficient (Wildman–Crippen LogP) is 4.82. The van der Waals surface area contributed by atoms with Crippen molar-refractivity contribution in [2.75, 3.05) is 5.32 Å². The van der Waals surface area contributed by atoms with Gasteiger partial charge in [0.15, 0.2) is 0 Å². The molecular formula is C16H11BrN2OS. The Morgan fingerprint density at radius 2 is 1.95 bits per heavy atom. The number of rotatable bonds is 3. The number of halogens is 1. The molecule has 2 heterocycles. The van der Waals surface area contributed by atoms with Gasteiger partial charge in [-0.05, 0) is 45.6 Å². The third-order valence-electron chi connectivity index (χ3n) is 2.95. The van der Waals surface area contributed by atoms with Crippen LogP contribution >= 0.6 is 27.3 Å². The van der Waals surface area contributed by atoms with Crippen LogP contribution in [0.3, 0.4) is 0 Å². The minimum Gasteiger partial charge on any atom is -0.321 e. The lowest BCUT2D eigenvalue weighted by Crippen LogP contribution is -2.12. The van der Waals surface area contributed by atoms with Crippen LogP contribution < -0.4 is 5.32 Å². The Hall–Kier alpha value is -1.98. The highest BCUT2D eigenvalue weighted by Gasteiger charge is 2.10. The minimum atomic E-state index is -0.168. The van der Waals surface area contributed by atoms with Gasteiger partial charge in [-0.2, -0.15) is 0 Å². The van der Waals surface area contributed by atoms with E-state index in [9.17, 15) is 4.79 Å². The molecule has 1 aromatic carbocycles. The van der Waals surface area contributed by atoms with Crippen LogP contribution in [0.15, 0.2) is 64.7 Å². The SMILES string of the molecule is O=C(Nc1ccccc1-c1cccs1)c1ccc(Br)nc1. The third-order valence-corrected chi connectivity index (χ3v) is 4.32. The maximum atomic E-state index is 12.3. The Morgan fingerprint density at radius 1 is 1.10 bits per heavy atom. The highest BCUT2D eigenvalue weighted by Crippen LogP contribution is 2.31. The number of hydrogen-bond donors (Lipinski definition) is 1. The molecule has 3 nitrogen and oxygen atoms in total. The summed E-state index contributed by atoms with van der Waals surface area (Å²) in [6, 6.07) is 15.3. The Kier molecular flexibility index (Phi) is 4.13. The predicted molar refractivity (Wildman–Crippen MR) is 89.6 cm³/mol. The second kappa shape index (κ2) is 6.20. The average Bonchev–Trinajstić information content (AvgIpc) is 3.02. The molecule has 0 saturated carbocycles. The van der Waals surface area contributed by atoms with Crippen molar-refractivity contribution in [3.8, 4) is 10.4 Å². The highest BCUT2D eigenvalue weighted by molar-refractivity contribution is 9.10. The first-order valence-electron chi connectivity index (χ1n) is 6.30. The second-order valence-corrected chi connectivity index (χ2v) is 6.11. The van der Waals surface area contributed by atoms with Gasteiger partial charge >= 0.3 is 0 Å². The molecule has 3 aromatic rings. The van der Waals surface area contributed by atoms with Gasteiger partial charge in [0, 0.05) is 22.3 Å². The zero-order valence-corrected chi connectivity index (χ0v) is 13.3. The van der Waals surface area contributed by atoms with E-state index in [0.717, 1.165) is 16.1 Å². The lowest BCUT2D eigenvalue weighted by atomic mass is 10.1. The van der Waals surface area contributed by atoms with Crippen molar-refractivity contribution in [3.63, 3.8) is 0 Å². The molecule has 0 atom stereocenters. The Bertz CT molecular complexity index is 754. The van der Waals surface area contributed by atoms with E-state index < -0.39 is 0 Å². The number of pyridine rings is 1. The van der Waals surface area contributed by atoms with Crippen molar-refractivity contribution in [3.05, 3.63) is 70.3 Å². The second-order valence-electron chi connectivity index (χ2n) is 4.35. The number of nitrogens with zero attached hydrogens (tertiary/aromatic N) is 1. The molecule has 1 amide bonds. The largest absolute Gasteiger partial charge is 0.321 e. The van der Waals surface area contributed by atoms with E-state index in [4.69, 9.17) is 0 Å². The summed E-state index contributed by atoms with van der Waals surface area (Å²) < 4.78 is 0.707. The molecule has 0 spiro atoms. The van der Waals surface area contributed by atoms with E-state index in [1.54, 1.807) is 29.7 Å². The summed E-state index contributed by atoms with van der Waals surface area (Å²) in [5.41, 5.74) is 2.35. The van der Waals surface area contributed by atoms with Gasteiger partial charge in [-0.3, -0.25) is 4.79 Å². The number of amides is 1. The van der Waals surface area contributed by atoms with Crippen molar-refractivity contribution in [1.29, 1.82) is 0 Å². The molecule has 0 radical (unpaired) electrons. The lowest BCUT2D eigenvalue weighted by Gasteiger charge is -2.09. The van der Waals surface area contributed by atoms with Gasteiger partial charge in [-0.15, -0.1) is 11.3 Å². The topological polar surface area (TPSA) is 42.0 Å². The third kappa shape index (κ3) is 3.20. The van der Waals surface area contributed by atoms with Gasteiger partial charge in [-0.25, -0.2) is 4.98 Å². The number of anilines is 1. The molecular weight excluding hydrogens is 348 g/mol. The zero-order valence-electron chi connectivity index (χ0n) is 10.9. The molecule has 0 bridgehead atoms. The molecule has 0 aliphatic heterocycles. The number of para-hydroxylation sites is 1. The maximum Gasteiger partial charge on any atom is 0.257 e. The highest BCUT2D eigenvalue weighted by atomic mass is 79.9. The van der Waals surface area contributed by atoms with E-state index in [1.165, 1.54) is 0 Å². The summed E-state index contributed by atoms with van der Waals surface area (Å²) in [6.45, 7) is 0. The Morgan fingerprint density at radius 3 is 2.67 bits per heavy atom. The number of aromatic nitrogens is 1. The van der Waals surface area contributed by atoms with Crippen LogP contribution in [-0.2, 0) is 0 Å². The van der Waals surface area contributed by atoms with Gasteiger partial charge in [0.25, 0.3) is 5.91 Å². The van der Waals surface area contributed by atoms with Gasteiger partial charge in [0.1, 0.15) is 4.60 Å². The first-order valence-corrected chi connectivity index (χ1v) is 7.97. The molecule has 0 unspecified atom stereocenters. The van der Waals surface area contributed by atoms with Crippen LogP contribution in [0.4, 0.5) is 5.69 Å². The summed E-state index contributed by atoms with van der Waals surface area (Å²) in [5.74, 6) is -0.168. The van der Waals surface area contributed by atoms with Crippen LogP contribution in [-0.4, -0.2) is 10.9 Å². The average molecular weight is 359 g/mol. The molecule has 0 saturated heterocycles. The number of carbonyl (C=O) groups excluding carboxylic acids is 1. The lowest BCUT2D eigenvalue weighted by molar-refractivity contribution is 0.102. The zero-order chi connectivity index (χ0) is 14.7. The Balaban J connectivity index is 1.88. The quantitative estimate of drug-likeness (QED) is 0.681. The number of thiophene rings is 1. The first-order chi connectivity index (χ1) is 10.2. The standard InChI is InChI=1S/C16H11BrN2OS/c17-15-8-7-11(10-18-15)16(20)19-13-5-2-1-4-12(13)14-6-3-9-21-14/h1-10H,(H,19,20). The van der Waals surface area contributed by atoms with E-state index >= 15 is 0 Å². The molecule has 0 aliphatic carbocycles. The smallest absolute Gasteiger partial charge is 0.257 e. The first kappa shape index (κ1) is 14.0. The van der Waals surface area contributed by atoms with Crippen molar-refractivity contribution >= 4 is 38.9 Å². The van der Waals surface area contributed by atoms with Gasteiger partial charge in [-0.1, -0.05) is 24.3 Å². The van der Waals surface area contributed by atoms with Crippen LogP contribution in [0.5, 0.6) is 0 Å². The normalized spacial score (nSPS) is 10.3. The molecule has 0 aliphatic rings. The van der Waals surface area contributed by atoms with Crippen molar-refractivity contribution in [2.45, 2.75) is 0 Å². The van der Waals surface area contributed by atoms with Crippen molar-refractivity contribution < 1.29 is 4.79 Å². The molecule has 104 valence electrons. The van der Waals surface area contributed by atoms with E-state index in [2.05, 4.69) is 26.2 Å². The molecule has 21 heavy (non-hydrogen) atoms. The summed E-state index contributed by atoms with van der Waals surface area (Å²) in [6.07, 6.45) is 1.55. The van der Waals surface area contributed by atoms with Crippen LogP contribution in [0.1, 0.15) is 10.4 Å². The number of carbonyl (C=O) groups is 1. The van der Waals surface area contributed by atoms with Crippen molar-refractivity contribution in [1.82, 2.24) is 4.98 Å². The molecule has 2 aromatic heterocycles. The van der Waals surface area contributed by atoms with Gasteiger partial charge in [0.05, 0.1) is 5.56 Å². The van der Waals surface area contributed by atoms with E-state index in [0.29, 0.717) is 10.2 Å². The van der Waals surface area contributed by atoms with Crippen LogP contribution in [0.25, 0.3) is 10.4 Å². The van der Waals surface area contributed by atoms with E-state index in [-0.39, 0.29) is 5.91 Å². The van der Waals surface area contributed by atoms with E-state index in [1.807, 2.05) is 41.8 Å². The summed E-state index contributed by atoms with van der Waals surface area (Å²) in [7, 11) is 0. The van der Waals surface area contributed by atoms with Crippen LogP contribution in [0.2, 0.25) is 0 Å².